The third-order valence-corrected chi connectivity index (χ3v) is 4.55. The summed E-state index contributed by atoms with van der Waals surface area (Å²) in [5.41, 5.74) is -0.827. The predicted molar refractivity (Wildman–Crippen MR) is 97.1 cm³/mol. The van der Waals surface area contributed by atoms with Gasteiger partial charge in [0.15, 0.2) is 0 Å². The van der Waals surface area contributed by atoms with E-state index in [1.807, 2.05) is 0 Å². The lowest BCUT2D eigenvalue weighted by Gasteiger charge is -2.17. The number of urea groups is 1. The Morgan fingerprint density at radius 1 is 1.07 bits per heavy atom. The van der Waals surface area contributed by atoms with Crippen molar-refractivity contribution in [1.29, 1.82) is 0 Å². The molecule has 1 saturated heterocycles. The van der Waals surface area contributed by atoms with Crippen LogP contribution >= 0.6 is 0 Å². The van der Waals surface area contributed by atoms with Crippen LogP contribution in [-0.2, 0) is 17.6 Å². The Bertz CT molecular complexity index is 921. The van der Waals surface area contributed by atoms with E-state index in [0.29, 0.717) is 17.0 Å². The van der Waals surface area contributed by atoms with Crippen LogP contribution < -0.4 is 15.0 Å². The first-order valence-corrected chi connectivity index (χ1v) is 8.56. The largest absolute Gasteiger partial charge is 0.489 e. The van der Waals surface area contributed by atoms with E-state index < -0.39 is 23.3 Å². The lowest BCUT2D eigenvalue weighted by atomic mass is 10.0. The summed E-state index contributed by atoms with van der Waals surface area (Å²) in [5.74, 6) is -0.0626. The van der Waals surface area contributed by atoms with Crippen LogP contribution in [0.15, 0.2) is 42.5 Å². The van der Waals surface area contributed by atoms with Crippen molar-refractivity contribution in [2.24, 2.45) is 0 Å². The maximum Gasteiger partial charge on any atom is 0.416 e. The lowest BCUT2D eigenvalue weighted by molar-refractivity contribution is -0.138. The summed E-state index contributed by atoms with van der Waals surface area (Å²) < 4.78 is 45.1. The van der Waals surface area contributed by atoms with Gasteiger partial charge in [-0.05, 0) is 56.7 Å². The summed E-state index contributed by atoms with van der Waals surface area (Å²) in [6.45, 7) is 4.55. The molecule has 8 heteroatoms. The predicted octanol–water partition coefficient (Wildman–Crippen LogP) is 4.43. The van der Waals surface area contributed by atoms with Crippen molar-refractivity contribution in [1.82, 2.24) is 5.32 Å². The second kappa shape index (κ2) is 6.85. The molecule has 3 rings (SSSR count). The Morgan fingerprint density at radius 2 is 1.71 bits per heavy atom. The second-order valence-electron chi connectivity index (χ2n) is 7.08. The van der Waals surface area contributed by atoms with Crippen molar-refractivity contribution >= 4 is 17.6 Å². The summed E-state index contributed by atoms with van der Waals surface area (Å²) in [5, 5.41) is 2.58. The molecule has 0 bridgehead atoms. The van der Waals surface area contributed by atoms with E-state index in [9.17, 15) is 22.8 Å². The van der Waals surface area contributed by atoms with Gasteiger partial charge in [-0.1, -0.05) is 12.1 Å². The molecule has 0 aliphatic carbocycles. The molecule has 1 aliphatic rings. The van der Waals surface area contributed by atoms with Gasteiger partial charge in [-0.15, -0.1) is 0 Å². The number of ether oxygens (including phenoxy) is 1. The summed E-state index contributed by atoms with van der Waals surface area (Å²) in [4.78, 5) is 25.3. The van der Waals surface area contributed by atoms with Gasteiger partial charge in [0.25, 0.3) is 5.91 Å². The molecule has 5 nitrogen and oxygen atoms in total. The molecule has 0 unspecified atom stereocenters. The van der Waals surface area contributed by atoms with Crippen molar-refractivity contribution in [3.05, 3.63) is 59.2 Å². The van der Waals surface area contributed by atoms with Crippen LogP contribution in [0.3, 0.4) is 0 Å². The van der Waals surface area contributed by atoms with Crippen LogP contribution in [0.25, 0.3) is 0 Å². The van der Waals surface area contributed by atoms with Crippen molar-refractivity contribution in [3.63, 3.8) is 0 Å². The smallest absolute Gasteiger partial charge is 0.416 e. The molecule has 0 spiro atoms. The zero-order valence-electron chi connectivity index (χ0n) is 15.6. The molecule has 1 aliphatic heterocycles. The van der Waals surface area contributed by atoms with E-state index in [1.54, 1.807) is 26.8 Å². The number of halogens is 3. The minimum atomic E-state index is -4.47. The van der Waals surface area contributed by atoms with Gasteiger partial charge in [-0.2, -0.15) is 13.2 Å². The molecule has 1 heterocycles. The fourth-order valence-corrected chi connectivity index (χ4v) is 2.99. The van der Waals surface area contributed by atoms with Gasteiger partial charge in [0.2, 0.25) is 0 Å². The normalized spacial score (nSPS) is 16.3. The first kappa shape index (κ1) is 19.7. The van der Waals surface area contributed by atoms with Crippen LogP contribution in [0, 0.1) is 6.92 Å². The Kier molecular flexibility index (Phi) is 4.82. The fraction of sp³-hybridized carbons (Fsp3) is 0.300. The molecule has 0 radical (unpaired) electrons. The molecule has 0 aromatic heterocycles. The lowest BCUT2D eigenvalue weighted by Crippen LogP contribution is -2.40. The van der Waals surface area contributed by atoms with Crippen LogP contribution in [0.1, 0.15) is 30.5 Å². The van der Waals surface area contributed by atoms with Gasteiger partial charge in [-0.3, -0.25) is 4.79 Å². The highest BCUT2D eigenvalue weighted by atomic mass is 19.4. The van der Waals surface area contributed by atoms with E-state index in [0.717, 1.165) is 11.0 Å². The second-order valence-corrected chi connectivity index (χ2v) is 7.08. The van der Waals surface area contributed by atoms with Gasteiger partial charge < -0.3 is 10.1 Å². The molecular formula is C20H19F3N2O3. The van der Waals surface area contributed by atoms with E-state index in [-0.39, 0.29) is 18.1 Å². The zero-order chi connectivity index (χ0) is 20.7. The van der Waals surface area contributed by atoms with Gasteiger partial charge in [0, 0.05) is 5.56 Å². The number of nitrogens with zero attached hydrogens (tertiary/aromatic N) is 1. The highest BCUT2D eigenvalue weighted by Gasteiger charge is 2.45. The van der Waals surface area contributed by atoms with Gasteiger partial charge >= 0.3 is 12.2 Å². The molecule has 2 aromatic rings. The minimum absolute atomic E-state index is 0.0647. The minimum Gasteiger partial charge on any atom is -0.489 e. The van der Waals surface area contributed by atoms with E-state index in [2.05, 4.69) is 5.32 Å². The van der Waals surface area contributed by atoms with Gasteiger partial charge in [0.1, 0.15) is 17.9 Å². The van der Waals surface area contributed by atoms with E-state index in [4.69, 9.17) is 4.74 Å². The number of benzene rings is 2. The maximum absolute atomic E-state index is 13.2. The Labute approximate surface area is 160 Å². The molecule has 148 valence electrons. The topological polar surface area (TPSA) is 58.6 Å². The number of carbonyl (C=O) groups is 2. The number of alkyl halides is 3. The SMILES string of the molecule is Cc1cccc(C(F)(F)F)c1COc1ccc(N2C(=O)NC(C)(C)C2=O)cc1. The fourth-order valence-electron chi connectivity index (χ4n) is 2.99. The molecule has 28 heavy (non-hydrogen) atoms. The highest BCUT2D eigenvalue weighted by molar-refractivity contribution is 6.23. The Morgan fingerprint density at radius 3 is 2.25 bits per heavy atom. The standard InChI is InChI=1S/C20H19F3N2O3/c1-12-5-4-6-16(20(21,22)23)15(12)11-28-14-9-7-13(8-10-14)25-17(26)19(2,3)24-18(25)27/h4-10H,11H2,1-3H3,(H,24,27). The first-order valence-electron chi connectivity index (χ1n) is 8.56. The number of carbonyl (C=O) groups excluding carboxylic acids is 2. The zero-order valence-corrected chi connectivity index (χ0v) is 15.6. The Hall–Kier alpha value is -3.03. The van der Waals surface area contributed by atoms with Crippen molar-refractivity contribution in [2.45, 2.75) is 39.1 Å². The number of aryl methyl sites for hydroxylation is 1. The highest BCUT2D eigenvalue weighted by Crippen LogP contribution is 2.34. The molecule has 2 aromatic carbocycles. The average molecular weight is 392 g/mol. The van der Waals surface area contributed by atoms with Gasteiger partial charge in [-0.25, -0.2) is 9.69 Å². The average Bonchev–Trinajstić information content (AvgIpc) is 2.81. The van der Waals surface area contributed by atoms with E-state index in [1.165, 1.54) is 30.3 Å². The van der Waals surface area contributed by atoms with Crippen LogP contribution in [0.5, 0.6) is 5.75 Å². The molecule has 3 amide bonds. The number of anilines is 1. The van der Waals surface area contributed by atoms with Crippen LogP contribution in [-0.4, -0.2) is 17.5 Å². The molecule has 0 atom stereocenters. The van der Waals surface area contributed by atoms with Crippen LogP contribution in [0.4, 0.5) is 23.7 Å². The number of imide groups is 1. The summed E-state index contributed by atoms with van der Waals surface area (Å²) in [7, 11) is 0. The quantitative estimate of drug-likeness (QED) is 0.784. The van der Waals surface area contributed by atoms with Gasteiger partial charge in [0.05, 0.1) is 11.3 Å². The van der Waals surface area contributed by atoms with E-state index >= 15 is 0 Å². The number of nitrogens with one attached hydrogen (secondary N) is 1. The number of rotatable bonds is 4. The van der Waals surface area contributed by atoms with Crippen LogP contribution in [0.2, 0.25) is 0 Å². The molecule has 0 saturated carbocycles. The first-order chi connectivity index (χ1) is 13.0. The number of hydrogen-bond donors (Lipinski definition) is 1. The number of amides is 3. The summed E-state index contributed by atoms with van der Waals surface area (Å²) in [6, 6.07) is 9.48. The Balaban J connectivity index is 1.77. The monoisotopic (exact) mass is 392 g/mol. The van der Waals surface area contributed by atoms with Crippen molar-refractivity contribution in [3.8, 4) is 5.75 Å². The molecule has 1 fully saturated rings. The maximum atomic E-state index is 13.2. The van der Waals surface area contributed by atoms with Crippen molar-refractivity contribution < 1.29 is 27.5 Å². The molecular weight excluding hydrogens is 373 g/mol. The summed E-state index contributed by atoms with van der Waals surface area (Å²) >= 11 is 0. The third kappa shape index (κ3) is 3.67. The third-order valence-electron chi connectivity index (χ3n) is 4.55. The summed E-state index contributed by atoms with van der Waals surface area (Å²) in [6.07, 6.45) is -4.47. The number of hydrogen-bond acceptors (Lipinski definition) is 3. The van der Waals surface area contributed by atoms with Crippen molar-refractivity contribution in [2.75, 3.05) is 4.90 Å². The molecule has 1 N–H and O–H groups in total.